The minimum absolute atomic E-state index is 0. The van der Waals surface area contributed by atoms with Crippen molar-refractivity contribution < 1.29 is 4.39 Å². The van der Waals surface area contributed by atoms with E-state index in [2.05, 4.69) is 4.98 Å². The van der Waals surface area contributed by atoms with Crippen molar-refractivity contribution in [2.75, 3.05) is 0 Å². The summed E-state index contributed by atoms with van der Waals surface area (Å²) in [6.07, 6.45) is 1.56. The molecule has 0 amide bonds. The van der Waals surface area contributed by atoms with E-state index in [9.17, 15) is 4.39 Å². The van der Waals surface area contributed by atoms with E-state index in [1.54, 1.807) is 18.3 Å². The Morgan fingerprint density at radius 3 is 2.82 bits per heavy atom. The van der Waals surface area contributed by atoms with Gasteiger partial charge < -0.3 is 0 Å². The highest BCUT2D eigenvalue weighted by molar-refractivity contribution is 6.17. The summed E-state index contributed by atoms with van der Waals surface area (Å²) in [5.41, 5.74) is 1.35. The lowest BCUT2D eigenvalue weighted by molar-refractivity contribution is 0.476. The summed E-state index contributed by atoms with van der Waals surface area (Å²) in [5.74, 6) is 0.412. The molecule has 0 aromatic carbocycles. The Morgan fingerprint density at radius 1 is 1.55 bits per heavy atom. The van der Waals surface area contributed by atoms with Gasteiger partial charge in [-0.15, -0.1) is 24.0 Å². The first kappa shape index (κ1) is 10.7. The van der Waals surface area contributed by atoms with E-state index in [1.807, 2.05) is 0 Å². The molecule has 1 aromatic heterocycles. The molecule has 0 saturated heterocycles. The first-order chi connectivity index (χ1) is 4.86. The van der Waals surface area contributed by atoms with Crippen LogP contribution in [-0.4, -0.2) is 4.98 Å². The van der Waals surface area contributed by atoms with Crippen LogP contribution in [0, 0.1) is 0 Å². The summed E-state index contributed by atoms with van der Waals surface area (Å²) in [6.45, 7) is -0.523. The lowest BCUT2D eigenvalue weighted by atomic mass is 10.2. The molecule has 0 aliphatic heterocycles. The maximum absolute atomic E-state index is 11.9. The maximum atomic E-state index is 11.9. The second-order valence-corrected chi connectivity index (χ2v) is 2.19. The van der Waals surface area contributed by atoms with E-state index in [0.29, 0.717) is 11.6 Å². The van der Waals surface area contributed by atoms with E-state index < -0.39 is 6.67 Å². The molecule has 0 spiro atoms. The zero-order valence-corrected chi connectivity index (χ0v) is 7.33. The third-order valence-corrected chi connectivity index (χ3v) is 1.48. The van der Waals surface area contributed by atoms with Crippen molar-refractivity contribution >= 4 is 24.0 Å². The first-order valence-electron chi connectivity index (χ1n) is 2.92. The van der Waals surface area contributed by atoms with Crippen molar-refractivity contribution in [2.45, 2.75) is 12.6 Å². The summed E-state index contributed by atoms with van der Waals surface area (Å²) in [5, 5.41) is 0. The number of alkyl halides is 2. The van der Waals surface area contributed by atoms with Gasteiger partial charge in [0.2, 0.25) is 0 Å². The van der Waals surface area contributed by atoms with Crippen LogP contribution >= 0.6 is 24.0 Å². The molecule has 1 heterocycles. The van der Waals surface area contributed by atoms with Gasteiger partial charge in [0.05, 0.1) is 5.69 Å². The highest BCUT2D eigenvalue weighted by atomic mass is 35.5. The minimum atomic E-state index is -0.523. The monoisotopic (exact) mass is 195 g/mol. The van der Waals surface area contributed by atoms with Crippen molar-refractivity contribution in [1.29, 1.82) is 0 Å². The molecular formula is C7H8Cl2FN. The molecule has 11 heavy (non-hydrogen) atoms. The van der Waals surface area contributed by atoms with Gasteiger partial charge in [0.15, 0.2) is 0 Å². The van der Waals surface area contributed by atoms with Gasteiger partial charge in [0.1, 0.15) is 6.67 Å². The number of hydrogen-bond donors (Lipinski definition) is 0. The van der Waals surface area contributed by atoms with Crippen LogP contribution in [0.4, 0.5) is 4.39 Å². The molecule has 0 N–H and O–H groups in total. The Kier molecular flexibility index (Phi) is 5.16. The van der Waals surface area contributed by atoms with Crippen molar-refractivity contribution in [3.8, 4) is 0 Å². The lowest BCUT2D eigenvalue weighted by Gasteiger charge is -1.95. The Morgan fingerprint density at radius 2 is 2.27 bits per heavy atom. The fraction of sp³-hybridized carbons (Fsp3) is 0.286. The Hall–Kier alpha value is -0.340. The summed E-state index contributed by atoms with van der Waals surface area (Å²) in [6, 6.07) is 3.43. The Balaban J connectivity index is 0.000001000. The molecular weight excluding hydrogens is 188 g/mol. The topological polar surface area (TPSA) is 12.9 Å². The smallest absolute Gasteiger partial charge is 0.131 e. The van der Waals surface area contributed by atoms with Crippen molar-refractivity contribution in [2.24, 2.45) is 0 Å². The number of pyridine rings is 1. The zero-order chi connectivity index (χ0) is 7.40. The van der Waals surface area contributed by atoms with Crippen LogP contribution in [0.1, 0.15) is 11.3 Å². The van der Waals surface area contributed by atoms with Crippen molar-refractivity contribution in [3.63, 3.8) is 0 Å². The highest BCUT2D eigenvalue weighted by Gasteiger charge is 1.93. The van der Waals surface area contributed by atoms with Gasteiger partial charge in [-0.05, 0) is 17.7 Å². The average molecular weight is 196 g/mol. The molecule has 0 saturated carbocycles. The Bertz CT molecular complexity index is 198. The lowest BCUT2D eigenvalue weighted by Crippen LogP contribution is -1.86. The molecule has 0 atom stereocenters. The average Bonchev–Trinajstić information content (AvgIpc) is 2.05. The van der Waals surface area contributed by atoms with E-state index in [0.717, 1.165) is 5.56 Å². The second kappa shape index (κ2) is 5.33. The maximum Gasteiger partial charge on any atom is 0.131 e. The number of rotatable bonds is 2. The van der Waals surface area contributed by atoms with Crippen molar-refractivity contribution in [1.82, 2.24) is 4.98 Å². The molecule has 0 radical (unpaired) electrons. The third-order valence-electron chi connectivity index (χ3n) is 1.17. The third kappa shape index (κ3) is 3.04. The molecule has 0 aliphatic carbocycles. The number of aromatic nitrogens is 1. The molecule has 1 aromatic rings. The zero-order valence-electron chi connectivity index (χ0n) is 5.76. The normalized spacial score (nSPS) is 8.91. The van der Waals surface area contributed by atoms with Crippen LogP contribution in [0.25, 0.3) is 0 Å². The minimum Gasteiger partial charge on any atom is -0.258 e. The largest absolute Gasteiger partial charge is 0.258 e. The van der Waals surface area contributed by atoms with Crippen LogP contribution in [-0.2, 0) is 12.6 Å². The van der Waals surface area contributed by atoms with Gasteiger partial charge in [-0.1, -0.05) is 0 Å². The predicted octanol–water partition coefficient (Wildman–Crippen LogP) is 2.71. The molecule has 62 valence electrons. The van der Waals surface area contributed by atoms with Crippen molar-refractivity contribution in [3.05, 3.63) is 29.6 Å². The summed E-state index contributed by atoms with van der Waals surface area (Å²) < 4.78 is 11.9. The standard InChI is InChI=1S/C7H7ClFN.ClH/c8-4-6-1-2-10-7(3-6)5-9;/h1-3H,4-5H2;1H. The molecule has 0 bridgehead atoms. The molecule has 0 aliphatic rings. The van der Waals surface area contributed by atoms with Crippen LogP contribution < -0.4 is 0 Å². The first-order valence-corrected chi connectivity index (χ1v) is 3.46. The SMILES string of the molecule is Cl.FCc1cc(CCl)ccn1. The fourth-order valence-corrected chi connectivity index (χ4v) is 0.851. The number of nitrogens with zero attached hydrogens (tertiary/aromatic N) is 1. The number of hydrogen-bond acceptors (Lipinski definition) is 1. The van der Waals surface area contributed by atoms with Gasteiger partial charge >= 0.3 is 0 Å². The molecule has 1 nitrogen and oxygen atoms in total. The quantitative estimate of drug-likeness (QED) is 0.662. The number of halogens is 3. The molecule has 0 unspecified atom stereocenters. The van der Waals surface area contributed by atoms with E-state index >= 15 is 0 Å². The van der Waals surface area contributed by atoms with Crippen LogP contribution in [0.15, 0.2) is 18.3 Å². The van der Waals surface area contributed by atoms with Gasteiger partial charge in [-0.2, -0.15) is 0 Å². The van der Waals surface area contributed by atoms with Gasteiger partial charge in [0.25, 0.3) is 0 Å². The summed E-state index contributed by atoms with van der Waals surface area (Å²) >= 11 is 5.51. The van der Waals surface area contributed by atoms with Gasteiger partial charge in [-0.25, -0.2) is 4.39 Å². The highest BCUT2D eigenvalue weighted by Crippen LogP contribution is 2.05. The van der Waals surface area contributed by atoms with Crippen LogP contribution in [0.2, 0.25) is 0 Å². The molecule has 0 fully saturated rings. The predicted molar refractivity (Wildman–Crippen MR) is 45.9 cm³/mol. The molecule has 4 heteroatoms. The van der Waals surface area contributed by atoms with Crippen LogP contribution in [0.3, 0.4) is 0 Å². The molecule has 1 rings (SSSR count). The van der Waals surface area contributed by atoms with Gasteiger partial charge in [0, 0.05) is 12.1 Å². The van der Waals surface area contributed by atoms with E-state index in [1.165, 1.54) is 0 Å². The second-order valence-electron chi connectivity index (χ2n) is 1.92. The van der Waals surface area contributed by atoms with E-state index in [-0.39, 0.29) is 12.4 Å². The van der Waals surface area contributed by atoms with Crippen LogP contribution in [0.5, 0.6) is 0 Å². The Labute approximate surface area is 76.0 Å². The van der Waals surface area contributed by atoms with E-state index in [4.69, 9.17) is 11.6 Å². The summed E-state index contributed by atoms with van der Waals surface area (Å²) in [4.78, 5) is 3.77. The van der Waals surface area contributed by atoms with Gasteiger partial charge in [-0.3, -0.25) is 4.98 Å². The summed E-state index contributed by atoms with van der Waals surface area (Å²) in [7, 11) is 0. The fourth-order valence-electron chi connectivity index (χ4n) is 0.684.